The molecule has 0 radical (unpaired) electrons. The second kappa shape index (κ2) is 7.25. The molecule has 1 aromatic heterocycles. The predicted molar refractivity (Wildman–Crippen MR) is 75.7 cm³/mol. The van der Waals surface area contributed by atoms with Crippen LogP contribution in [0.25, 0.3) is 0 Å². The average molecular weight is 320 g/mol. The number of rotatable bonds is 5. The molecule has 0 aliphatic carbocycles. The summed E-state index contributed by atoms with van der Waals surface area (Å²) in [5.41, 5.74) is 0.565. The van der Waals surface area contributed by atoms with E-state index in [0.29, 0.717) is 5.56 Å². The predicted octanol–water partition coefficient (Wildman–Crippen LogP) is 2.20. The van der Waals surface area contributed by atoms with Crippen molar-refractivity contribution in [1.82, 2.24) is 0 Å². The lowest BCUT2D eigenvalue weighted by molar-refractivity contribution is -0.115. The third kappa shape index (κ3) is 3.49. The molecule has 1 N–H and O–H groups in total. The van der Waals surface area contributed by atoms with Crippen LogP contribution >= 0.6 is 22.9 Å². The summed E-state index contributed by atoms with van der Waals surface area (Å²) in [6.45, 7) is 1.59. The Bertz CT molecular complexity index is 540. The highest BCUT2D eigenvalue weighted by Crippen LogP contribution is 2.34. The molecule has 1 aromatic rings. The molecule has 0 bridgehead atoms. The number of anilines is 1. The van der Waals surface area contributed by atoms with E-state index < -0.39 is 11.9 Å². The lowest BCUT2D eigenvalue weighted by Gasteiger charge is -2.04. The van der Waals surface area contributed by atoms with Crippen LogP contribution in [-0.4, -0.2) is 37.9 Å². The van der Waals surface area contributed by atoms with Crippen molar-refractivity contribution < 1.29 is 23.9 Å². The first-order valence-corrected chi connectivity index (χ1v) is 6.97. The molecule has 0 aliphatic rings. The molecule has 6 nitrogen and oxygen atoms in total. The summed E-state index contributed by atoms with van der Waals surface area (Å²) < 4.78 is 9.30. The number of methoxy groups -OCH3 is 2. The van der Waals surface area contributed by atoms with Crippen molar-refractivity contribution in [2.45, 2.75) is 13.3 Å². The van der Waals surface area contributed by atoms with Gasteiger partial charge in [0, 0.05) is 12.3 Å². The maximum atomic E-state index is 11.8. The first-order valence-electron chi connectivity index (χ1n) is 5.62. The van der Waals surface area contributed by atoms with Crippen molar-refractivity contribution >= 4 is 45.8 Å². The zero-order chi connectivity index (χ0) is 15.3. The SMILES string of the molecule is COC(=O)c1sc(NC(=O)CCCl)c(C(=O)OC)c1C. The minimum atomic E-state index is -0.630. The van der Waals surface area contributed by atoms with Gasteiger partial charge >= 0.3 is 11.9 Å². The van der Waals surface area contributed by atoms with Gasteiger partial charge in [-0.1, -0.05) is 0 Å². The normalized spacial score (nSPS) is 10.0. The maximum Gasteiger partial charge on any atom is 0.348 e. The summed E-state index contributed by atoms with van der Waals surface area (Å²) in [5.74, 6) is -1.39. The summed E-state index contributed by atoms with van der Waals surface area (Å²) in [4.78, 5) is 35.2. The Balaban J connectivity index is 3.23. The van der Waals surface area contributed by atoms with E-state index in [1.165, 1.54) is 14.2 Å². The van der Waals surface area contributed by atoms with Crippen LogP contribution in [-0.2, 0) is 14.3 Å². The molecular formula is C12H14ClNO5S. The minimum Gasteiger partial charge on any atom is -0.465 e. The topological polar surface area (TPSA) is 81.7 Å². The van der Waals surface area contributed by atoms with Crippen molar-refractivity contribution in [2.24, 2.45) is 0 Å². The lowest BCUT2D eigenvalue weighted by atomic mass is 10.1. The first kappa shape index (κ1) is 16.5. The number of hydrogen-bond donors (Lipinski definition) is 1. The van der Waals surface area contributed by atoms with Crippen LogP contribution in [0, 0.1) is 6.92 Å². The summed E-state index contributed by atoms with van der Waals surface area (Å²) >= 11 is 6.44. The van der Waals surface area contributed by atoms with Gasteiger partial charge in [0.2, 0.25) is 5.91 Å². The summed E-state index contributed by atoms with van der Waals surface area (Å²) in [7, 11) is 2.46. The average Bonchev–Trinajstić information content (AvgIpc) is 2.74. The van der Waals surface area contributed by atoms with Crippen LogP contribution in [0.15, 0.2) is 0 Å². The highest BCUT2D eigenvalue weighted by molar-refractivity contribution is 7.18. The van der Waals surface area contributed by atoms with E-state index in [-0.39, 0.29) is 33.6 Å². The molecule has 8 heteroatoms. The van der Waals surface area contributed by atoms with Gasteiger partial charge in [-0.25, -0.2) is 9.59 Å². The second-order valence-corrected chi connectivity index (χ2v) is 5.13. The molecule has 0 aromatic carbocycles. The first-order chi connectivity index (χ1) is 9.46. The molecule has 0 aliphatic heterocycles. The van der Waals surface area contributed by atoms with Crippen LogP contribution in [0.2, 0.25) is 0 Å². The Morgan fingerprint density at radius 2 is 1.80 bits per heavy atom. The third-order valence-corrected chi connectivity index (χ3v) is 3.86. The molecule has 0 saturated carbocycles. The molecule has 1 rings (SSSR count). The van der Waals surface area contributed by atoms with Crippen LogP contribution in [0.3, 0.4) is 0 Å². The van der Waals surface area contributed by atoms with Crippen LogP contribution in [0.5, 0.6) is 0 Å². The zero-order valence-electron chi connectivity index (χ0n) is 11.2. The number of amides is 1. The number of ether oxygens (including phenoxy) is 2. The number of halogens is 1. The van der Waals surface area contributed by atoms with Gasteiger partial charge in [0.1, 0.15) is 9.88 Å². The van der Waals surface area contributed by atoms with E-state index in [4.69, 9.17) is 11.6 Å². The van der Waals surface area contributed by atoms with Gasteiger partial charge in [-0.05, 0) is 12.5 Å². The van der Waals surface area contributed by atoms with Gasteiger partial charge in [0.05, 0.1) is 19.8 Å². The Morgan fingerprint density at radius 1 is 1.20 bits per heavy atom. The number of esters is 2. The largest absolute Gasteiger partial charge is 0.465 e. The monoisotopic (exact) mass is 319 g/mol. The molecule has 110 valence electrons. The summed E-state index contributed by atoms with van der Waals surface area (Å²) in [6.07, 6.45) is 0.104. The second-order valence-electron chi connectivity index (χ2n) is 3.73. The van der Waals surface area contributed by atoms with E-state index in [9.17, 15) is 14.4 Å². The maximum absolute atomic E-state index is 11.8. The fourth-order valence-electron chi connectivity index (χ4n) is 1.51. The number of alkyl halides is 1. The molecule has 0 spiro atoms. The fraction of sp³-hybridized carbons (Fsp3) is 0.417. The van der Waals surface area contributed by atoms with Gasteiger partial charge in [0.25, 0.3) is 0 Å². The smallest absolute Gasteiger partial charge is 0.348 e. The number of carbonyl (C=O) groups is 3. The van der Waals surface area contributed by atoms with Crippen molar-refractivity contribution in [3.63, 3.8) is 0 Å². The number of thiophene rings is 1. The van der Waals surface area contributed by atoms with Crippen molar-refractivity contribution in [2.75, 3.05) is 25.4 Å². The number of hydrogen-bond acceptors (Lipinski definition) is 6. The quantitative estimate of drug-likeness (QED) is 0.664. The van der Waals surface area contributed by atoms with Crippen LogP contribution < -0.4 is 5.32 Å². The van der Waals surface area contributed by atoms with E-state index in [1.807, 2.05) is 0 Å². The van der Waals surface area contributed by atoms with Crippen LogP contribution in [0.4, 0.5) is 5.00 Å². The van der Waals surface area contributed by atoms with Crippen molar-refractivity contribution in [3.05, 3.63) is 16.0 Å². The van der Waals surface area contributed by atoms with E-state index in [0.717, 1.165) is 11.3 Å². The molecule has 0 saturated heterocycles. The molecular weight excluding hydrogens is 306 g/mol. The summed E-state index contributed by atoms with van der Waals surface area (Å²) in [5, 5.41) is 2.81. The van der Waals surface area contributed by atoms with Gasteiger partial charge in [-0.3, -0.25) is 4.79 Å². The molecule has 1 heterocycles. The fourth-order valence-corrected chi connectivity index (χ4v) is 2.81. The summed E-state index contributed by atoms with van der Waals surface area (Å²) in [6, 6.07) is 0. The molecule has 20 heavy (non-hydrogen) atoms. The number of nitrogens with one attached hydrogen (secondary N) is 1. The van der Waals surface area contributed by atoms with Gasteiger partial charge in [0.15, 0.2) is 0 Å². The standard InChI is InChI=1S/C12H14ClNO5S/c1-6-8(11(16)18-2)10(14-7(15)4-5-13)20-9(6)12(17)19-3/h4-5H2,1-3H3,(H,14,15). The number of carbonyl (C=O) groups excluding carboxylic acids is 3. The Kier molecular flexibility index (Phi) is 5.97. The molecule has 1 amide bonds. The molecule has 0 fully saturated rings. The Hall–Kier alpha value is -1.60. The van der Waals surface area contributed by atoms with Gasteiger partial charge in [-0.2, -0.15) is 0 Å². The van der Waals surface area contributed by atoms with E-state index in [1.54, 1.807) is 6.92 Å². The Labute approximate surface area is 125 Å². The van der Waals surface area contributed by atoms with E-state index >= 15 is 0 Å². The van der Waals surface area contributed by atoms with E-state index in [2.05, 4.69) is 14.8 Å². The highest BCUT2D eigenvalue weighted by Gasteiger charge is 2.26. The highest BCUT2D eigenvalue weighted by atomic mass is 35.5. The van der Waals surface area contributed by atoms with Gasteiger partial charge < -0.3 is 14.8 Å². The molecule has 0 atom stereocenters. The van der Waals surface area contributed by atoms with Gasteiger partial charge in [-0.15, -0.1) is 22.9 Å². The Morgan fingerprint density at radius 3 is 2.30 bits per heavy atom. The third-order valence-electron chi connectivity index (χ3n) is 2.48. The lowest BCUT2D eigenvalue weighted by Crippen LogP contribution is -2.14. The minimum absolute atomic E-state index is 0.104. The zero-order valence-corrected chi connectivity index (χ0v) is 12.8. The van der Waals surface area contributed by atoms with Crippen molar-refractivity contribution in [3.8, 4) is 0 Å². The molecule has 0 unspecified atom stereocenters. The van der Waals surface area contributed by atoms with Crippen molar-refractivity contribution in [1.29, 1.82) is 0 Å². The van der Waals surface area contributed by atoms with Crippen LogP contribution in [0.1, 0.15) is 32.0 Å².